The van der Waals surface area contributed by atoms with E-state index in [4.69, 9.17) is 9.57 Å². The number of fused-ring (bicyclic) bond motifs is 3. The zero-order chi connectivity index (χ0) is 22.5. The maximum Gasteiger partial charge on any atom is 0.441 e. The normalized spacial score (nSPS) is 16.6. The average molecular weight is 436 g/mol. The van der Waals surface area contributed by atoms with Gasteiger partial charge in [-0.2, -0.15) is 0 Å². The van der Waals surface area contributed by atoms with Crippen molar-refractivity contribution in [3.05, 3.63) is 72.3 Å². The molecule has 1 heterocycles. The first-order valence-corrected chi connectivity index (χ1v) is 10.5. The number of ether oxygens (including phenoxy) is 2. The van der Waals surface area contributed by atoms with Crippen LogP contribution in [-0.2, 0) is 19.1 Å². The largest absolute Gasteiger partial charge is 0.448 e. The molecule has 8 heteroatoms. The molecule has 0 aromatic heterocycles. The zero-order valence-corrected chi connectivity index (χ0v) is 17.5. The zero-order valence-electron chi connectivity index (χ0n) is 17.5. The van der Waals surface area contributed by atoms with Gasteiger partial charge in [-0.3, -0.25) is 4.90 Å². The lowest BCUT2D eigenvalue weighted by molar-refractivity contribution is -0.154. The number of likely N-dealkylation sites (tertiary alicyclic amines) is 1. The fraction of sp³-hybridized carbons (Fsp3) is 0.292. The van der Waals surface area contributed by atoms with Gasteiger partial charge in [0.2, 0.25) is 0 Å². The molecule has 4 rings (SSSR count). The number of amides is 2. The van der Waals surface area contributed by atoms with Crippen molar-refractivity contribution in [2.45, 2.75) is 24.8 Å². The molecule has 1 aliphatic carbocycles. The molecule has 0 bridgehead atoms. The third-order valence-electron chi connectivity index (χ3n) is 5.66. The third kappa shape index (κ3) is 4.30. The van der Waals surface area contributed by atoms with Crippen molar-refractivity contribution in [2.75, 3.05) is 19.8 Å². The Morgan fingerprint density at radius 2 is 1.69 bits per heavy atom. The van der Waals surface area contributed by atoms with Crippen LogP contribution in [0.1, 0.15) is 29.9 Å². The van der Waals surface area contributed by atoms with E-state index in [2.05, 4.69) is 23.4 Å². The average Bonchev–Trinajstić information content (AvgIpc) is 3.43. The topological polar surface area (TPSA) is 94.2 Å². The molecule has 0 spiro atoms. The van der Waals surface area contributed by atoms with E-state index in [-0.39, 0.29) is 19.1 Å². The van der Waals surface area contributed by atoms with Crippen LogP contribution in [0.2, 0.25) is 0 Å². The van der Waals surface area contributed by atoms with Gasteiger partial charge in [0, 0.05) is 12.5 Å². The van der Waals surface area contributed by atoms with Gasteiger partial charge in [-0.15, -0.1) is 5.48 Å². The van der Waals surface area contributed by atoms with Crippen LogP contribution in [0.3, 0.4) is 0 Å². The van der Waals surface area contributed by atoms with Crippen LogP contribution in [0, 0.1) is 0 Å². The van der Waals surface area contributed by atoms with Gasteiger partial charge >= 0.3 is 18.2 Å². The quantitative estimate of drug-likeness (QED) is 0.436. The fourth-order valence-corrected chi connectivity index (χ4v) is 4.23. The summed E-state index contributed by atoms with van der Waals surface area (Å²) in [4.78, 5) is 42.7. The number of benzene rings is 2. The summed E-state index contributed by atoms with van der Waals surface area (Å²) in [6.45, 7) is 3.94. The van der Waals surface area contributed by atoms with Gasteiger partial charge in [0.1, 0.15) is 19.3 Å². The van der Waals surface area contributed by atoms with Crippen molar-refractivity contribution in [1.29, 1.82) is 0 Å². The molecule has 2 amide bonds. The summed E-state index contributed by atoms with van der Waals surface area (Å²) in [6, 6.07) is 15.3. The third-order valence-corrected chi connectivity index (χ3v) is 5.66. The van der Waals surface area contributed by atoms with Crippen molar-refractivity contribution in [2.24, 2.45) is 0 Å². The predicted molar refractivity (Wildman–Crippen MR) is 116 cm³/mol. The van der Waals surface area contributed by atoms with E-state index in [9.17, 15) is 14.4 Å². The highest BCUT2D eigenvalue weighted by Crippen LogP contribution is 2.44. The number of rotatable bonds is 5. The highest BCUT2D eigenvalue weighted by Gasteiger charge is 2.38. The summed E-state index contributed by atoms with van der Waals surface area (Å²) in [5.41, 5.74) is 6.42. The Morgan fingerprint density at radius 1 is 1.03 bits per heavy atom. The van der Waals surface area contributed by atoms with Crippen LogP contribution in [0.25, 0.3) is 11.1 Å². The first-order valence-electron chi connectivity index (χ1n) is 10.5. The summed E-state index contributed by atoms with van der Waals surface area (Å²) >= 11 is 0. The Morgan fingerprint density at radius 3 is 2.34 bits per heavy atom. The van der Waals surface area contributed by atoms with Crippen LogP contribution in [0.15, 0.2) is 61.2 Å². The minimum Gasteiger partial charge on any atom is -0.448 e. The van der Waals surface area contributed by atoms with Crippen LogP contribution in [-0.4, -0.2) is 48.9 Å². The predicted octanol–water partition coefficient (Wildman–Crippen LogP) is 3.77. The number of nitrogens with zero attached hydrogens (tertiary/aromatic N) is 1. The minimum absolute atomic E-state index is 0.0152. The van der Waals surface area contributed by atoms with E-state index in [1.807, 2.05) is 41.9 Å². The molecule has 1 N–H and O–H groups in total. The molecule has 0 unspecified atom stereocenters. The van der Waals surface area contributed by atoms with Crippen molar-refractivity contribution < 1.29 is 28.7 Å². The maximum atomic E-state index is 12.8. The molecule has 8 nitrogen and oxygen atoms in total. The molecule has 2 aromatic rings. The monoisotopic (exact) mass is 436 g/mol. The van der Waals surface area contributed by atoms with E-state index in [0.717, 1.165) is 22.3 Å². The number of hydroxylamine groups is 1. The van der Waals surface area contributed by atoms with Crippen LogP contribution in [0.5, 0.6) is 0 Å². The lowest BCUT2D eigenvalue weighted by Gasteiger charge is -2.23. The highest BCUT2D eigenvalue weighted by molar-refractivity contribution is 5.83. The van der Waals surface area contributed by atoms with E-state index in [0.29, 0.717) is 19.4 Å². The van der Waals surface area contributed by atoms with Crippen molar-refractivity contribution >= 4 is 18.2 Å². The molecule has 1 fully saturated rings. The van der Waals surface area contributed by atoms with E-state index < -0.39 is 24.2 Å². The molecular weight excluding hydrogens is 412 g/mol. The first-order chi connectivity index (χ1) is 15.6. The summed E-state index contributed by atoms with van der Waals surface area (Å²) in [6.07, 6.45) is 0.943. The number of carbonyl (C=O) groups is 3. The molecule has 0 saturated carbocycles. The Bertz CT molecular complexity index is 991. The standard InChI is InChI=1S/C24H24N2O6/c1-2-14-30-23(28)25-32-22(27)21-12-7-13-26(21)24(29)31-15-20-18-10-5-3-8-16(18)17-9-4-6-11-19(17)20/h2-6,8-11,20-21H,1,7,12-15H2,(H,25,28)/t21-/m0/s1. The number of carbonyl (C=O) groups excluding carboxylic acids is 3. The van der Waals surface area contributed by atoms with Gasteiger partial charge in [0.25, 0.3) is 0 Å². The van der Waals surface area contributed by atoms with Gasteiger partial charge in [-0.05, 0) is 35.1 Å². The van der Waals surface area contributed by atoms with Gasteiger partial charge < -0.3 is 14.3 Å². The van der Waals surface area contributed by atoms with Gasteiger partial charge in [-0.1, -0.05) is 61.2 Å². The van der Waals surface area contributed by atoms with Crippen molar-refractivity contribution in [1.82, 2.24) is 10.4 Å². The lowest BCUT2D eigenvalue weighted by Crippen LogP contribution is -2.44. The van der Waals surface area contributed by atoms with Gasteiger partial charge in [0.15, 0.2) is 0 Å². The Kier molecular flexibility index (Phi) is 6.39. The molecule has 166 valence electrons. The Labute approximate surface area is 185 Å². The Hall–Kier alpha value is -3.81. The first kappa shape index (κ1) is 21.4. The molecule has 1 aliphatic heterocycles. The summed E-state index contributed by atoms with van der Waals surface area (Å²) in [7, 11) is 0. The second-order valence-corrected chi connectivity index (χ2v) is 7.57. The second-order valence-electron chi connectivity index (χ2n) is 7.57. The summed E-state index contributed by atoms with van der Waals surface area (Å²) < 4.78 is 10.3. The van der Waals surface area contributed by atoms with Crippen LogP contribution in [0.4, 0.5) is 9.59 Å². The number of nitrogens with one attached hydrogen (secondary N) is 1. The Balaban J connectivity index is 1.37. The van der Waals surface area contributed by atoms with E-state index in [1.165, 1.54) is 11.0 Å². The number of hydrogen-bond donors (Lipinski definition) is 1. The van der Waals surface area contributed by atoms with E-state index >= 15 is 0 Å². The molecule has 0 radical (unpaired) electrons. The van der Waals surface area contributed by atoms with Crippen LogP contribution >= 0.6 is 0 Å². The molecular formula is C24H24N2O6. The molecule has 2 aromatic carbocycles. The number of hydrogen-bond acceptors (Lipinski definition) is 6. The second kappa shape index (κ2) is 9.55. The smallest absolute Gasteiger partial charge is 0.441 e. The fourth-order valence-electron chi connectivity index (χ4n) is 4.23. The molecule has 1 atom stereocenters. The van der Waals surface area contributed by atoms with Crippen molar-refractivity contribution in [3.8, 4) is 11.1 Å². The molecule has 1 saturated heterocycles. The van der Waals surface area contributed by atoms with Crippen molar-refractivity contribution in [3.63, 3.8) is 0 Å². The highest BCUT2D eigenvalue weighted by atomic mass is 16.7. The van der Waals surface area contributed by atoms with Gasteiger partial charge in [0.05, 0.1) is 0 Å². The minimum atomic E-state index is -0.913. The summed E-state index contributed by atoms with van der Waals surface area (Å²) in [5, 5.41) is 0. The molecule has 2 aliphatic rings. The molecule has 32 heavy (non-hydrogen) atoms. The lowest BCUT2D eigenvalue weighted by atomic mass is 9.98. The van der Waals surface area contributed by atoms with Crippen LogP contribution < -0.4 is 5.48 Å². The summed E-state index contributed by atoms with van der Waals surface area (Å²) in [5.74, 6) is -0.813. The van der Waals surface area contributed by atoms with Gasteiger partial charge in [-0.25, -0.2) is 14.4 Å². The SMILES string of the molecule is C=CCOC(=O)NOC(=O)[C@@H]1CCCN1C(=O)OCC1c2ccccc2-c2ccccc21. The maximum absolute atomic E-state index is 12.8. The van der Waals surface area contributed by atoms with E-state index in [1.54, 1.807) is 0 Å².